The van der Waals surface area contributed by atoms with Gasteiger partial charge in [-0.05, 0) is 62.4 Å². The van der Waals surface area contributed by atoms with Gasteiger partial charge in [-0.15, -0.1) is 0 Å². The molecular formula is C13H18FN. The molecule has 0 aromatic heterocycles. The first-order valence-electron chi connectivity index (χ1n) is 5.73. The molecule has 0 radical (unpaired) electrons. The Bertz CT molecular complexity index is 311. The standard InChI is InChI=1S/C13H18FN/c1-10-7-11(9-12(14)8-10)3-2-6-15-13-4-5-13/h7-9,13,15H,2-6H2,1H3. The summed E-state index contributed by atoms with van der Waals surface area (Å²) in [5.74, 6) is -0.111. The quantitative estimate of drug-likeness (QED) is 0.732. The molecule has 0 unspecified atom stereocenters. The summed E-state index contributed by atoms with van der Waals surface area (Å²) in [6.07, 6.45) is 4.73. The van der Waals surface area contributed by atoms with E-state index in [0.717, 1.165) is 36.6 Å². The monoisotopic (exact) mass is 207 g/mol. The second-order valence-corrected chi connectivity index (χ2v) is 4.47. The van der Waals surface area contributed by atoms with Gasteiger partial charge in [-0.2, -0.15) is 0 Å². The van der Waals surface area contributed by atoms with Gasteiger partial charge in [-0.1, -0.05) is 6.07 Å². The van der Waals surface area contributed by atoms with Crippen LogP contribution >= 0.6 is 0 Å². The number of benzene rings is 1. The lowest BCUT2D eigenvalue weighted by Crippen LogP contribution is -2.17. The molecule has 1 N–H and O–H groups in total. The molecule has 15 heavy (non-hydrogen) atoms. The van der Waals surface area contributed by atoms with Gasteiger partial charge in [0.05, 0.1) is 0 Å². The first-order valence-corrected chi connectivity index (χ1v) is 5.73. The second-order valence-electron chi connectivity index (χ2n) is 4.47. The van der Waals surface area contributed by atoms with Crippen LogP contribution in [0, 0.1) is 12.7 Å². The normalized spacial score (nSPS) is 15.6. The van der Waals surface area contributed by atoms with E-state index in [0.29, 0.717) is 0 Å². The van der Waals surface area contributed by atoms with Crippen molar-refractivity contribution in [3.05, 3.63) is 35.1 Å². The summed E-state index contributed by atoms with van der Waals surface area (Å²) in [4.78, 5) is 0. The zero-order valence-electron chi connectivity index (χ0n) is 9.22. The van der Waals surface area contributed by atoms with Crippen LogP contribution in [0.25, 0.3) is 0 Å². The van der Waals surface area contributed by atoms with Crippen LogP contribution in [0.2, 0.25) is 0 Å². The molecule has 0 aliphatic heterocycles. The van der Waals surface area contributed by atoms with E-state index in [-0.39, 0.29) is 5.82 Å². The van der Waals surface area contributed by atoms with Crippen molar-refractivity contribution < 1.29 is 4.39 Å². The van der Waals surface area contributed by atoms with E-state index in [9.17, 15) is 4.39 Å². The summed E-state index contributed by atoms with van der Waals surface area (Å²) in [6, 6.07) is 6.07. The first-order chi connectivity index (χ1) is 7.24. The van der Waals surface area contributed by atoms with Crippen LogP contribution in [0.4, 0.5) is 4.39 Å². The van der Waals surface area contributed by atoms with Crippen molar-refractivity contribution >= 4 is 0 Å². The van der Waals surface area contributed by atoms with Crippen LogP contribution in [0.1, 0.15) is 30.4 Å². The summed E-state index contributed by atoms with van der Waals surface area (Å²) in [6.45, 7) is 3.00. The molecule has 1 aromatic carbocycles. The van der Waals surface area contributed by atoms with Gasteiger partial charge in [0.25, 0.3) is 0 Å². The third-order valence-corrected chi connectivity index (χ3v) is 2.75. The number of hydrogen-bond acceptors (Lipinski definition) is 1. The smallest absolute Gasteiger partial charge is 0.123 e. The van der Waals surface area contributed by atoms with E-state index in [1.54, 1.807) is 12.1 Å². The molecular weight excluding hydrogens is 189 g/mol. The van der Waals surface area contributed by atoms with Gasteiger partial charge in [-0.3, -0.25) is 0 Å². The number of hydrogen-bond donors (Lipinski definition) is 1. The lowest BCUT2D eigenvalue weighted by molar-refractivity contribution is 0.618. The SMILES string of the molecule is Cc1cc(F)cc(CCCNC2CC2)c1. The maximum Gasteiger partial charge on any atom is 0.123 e. The lowest BCUT2D eigenvalue weighted by Gasteiger charge is -2.04. The summed E-state index contributed by atoms with van der Waals surface area (Å²) in [5.41, 5.74) is 2.13. The van der Waals surface area contributed by atoms with Gasteiger partial charge in [0.15, 0.2) is 0 Å². The molecule has 2 heteroatoms. The minimum atomic E-state index is -0.111. The lowest BCUT2D eigenvalue weighted by atomic mass is 10.1. The summed E-state index contributed by atoms with van der Waals surface area (Å²) in [7, 11) is 0. The average molecular weight is 207 g/mol. The third-order valence-electron chi connectivity index (χ3n) is 2.75. The zero-order valence-corrected chi connectivity index (χ0v) is 9.22. The molecule has 0 atom stereocenters. The number of aryl methyl sites for hydroxylation is 2. The van der Waals surface area contributed by atoms with Gasteiger partial charge in [0.1, 0.15) is 5.82 Å². The van der Waals surface area contributed by atoms with E-state index >= 15 is 0 Å². The number of halogens is 1. The van der Waals surface area contributed by atoms with Crippen LogP contribution in [-0.2, 0) is 6.42 Å². The maximum absolute atomic E-state index is 13.1. The second kappa shape index (κ2) is 4.75. The van der Waals surface area contributed by atoms with Crippen LogP contribution in [0.5, 0.6) is 0 Å². The van der Waals surface area contributed by atoms with Gasteiger partial charge >= 0.3 is 0 Å². The minimum Gasteiger partial charge on any atom is -0.314 e. The molecule has 0 spiro atoms. The van der Waals surface area contributed by atoms with Gasteiger partial charge < -0.3 is 5.32 Å². The molecule has 82 valence electrons. The molecule has 1 aliphatic rings. The van der Waals surface area contributed by atoms with E-state index < -0.39 is 0 Å². The molecule has 1 aromatic rings. The fraction of sp³-hybridized carbons (Fsp3) is 0.538. The van der Waals surface area contributed by atoms with Crippen LogP contribution in [0.3, 0.4) is 0 Å². The highest BCUT2D eigenvalue weighted by Gasteiger charge is 2.19. The number of nitrogens with one attached hydrogen (secondary N) is 1. The third kappa shape index (κ3) is 3.63. The predicted molar refractivity (Wildman–Crippen MR) is 60.5 cm³/mol. The highest BCUT2D eigenvalue weighted by molar-refractivity contribution is 5.23. The molecule has 0 heterocycles. The Morgan fingerprint density at radius 2 is 2.13 bits per heavy atom. The highest BCUT2D eigenvalue weighted by atomic mass is 19.1. The van der Waals surface area contributed by atoms with E-state index in [1.165, 1.54) is 12.8 Å². The Morgan fingerprint density at radius 1 is 1.33 bits per heavy atom. The molecule has 1 fully saturated rings. The highest BCUT2D eigenvalue weighted by Crippen LogP contribution is 2.18. The molecule has 2 rings (SSSR count). The Balaban J connectivity index is 1.76. The van der Waals surface area contributed by atoms with Crippen LogP contribution in [-0.4, -0.2) is 12.6 Å². The average Bonchev–Trinajstić information content (AvgIpc) is 2.94. The number of rotatable bonds is 5. The fourth-order valence-electron chi connectivity index (χ4n) is 1.84. The maximum atomic E-state index is 13.1. The van der Waals surface area contributed by atoms with Gasteiger partial charge in [-0.25, -0.2) is 4.39 Å². The van der Waals surface area contributed by atoms with Crippen LogP contribution in [0.15, 0.2) is 18.2 Å². The Labute approximate surface area is 90.7 Å². The summed E-state index contributed by atoms with van der Waals surface area (Å²) >= 11 is 0. The van der Waals surface area contributed by atoms with Crippen molar-refractivity contribution in [2.45, 2.75) is 38.6 Å². The van der Waals surface area contributed by atoms with E-state index in [4.69, 9.17) is 0 Å². The minimum absolute atomic E-state index is 0.111. The largest absolute Gasteiger partial charge is 0.314 e. The van der Waals surface area contributed by atoms with Crippen LogP contribution < -0.4 is 5.32 Å². The topological polar surface area (TPSA) is 12.0 Å². The van der Waals surface area contributed by atoms with Gasteiger partial charge in [0.2, 0.25) is 0 Å². The van der Waals surface area contributed by atoms with Crippen molar-refractivity contribution in [3.8, 4) is 0 Å². The Hall–Kier alpha value is -0.890. The zero-order chi connectivity index (χ0) is 10.7. The molecule has 0 amide bonds. The van der Waals surface area contributed by atoms with Crippen molar-refractivity contribution in [1.82, 2.24) is 5.32 Å². The van der Waals surface area contributed by atoms with E-state index in [2.05, 4.69) is 11.4 Å². The first kappa shape index (κ1) is 10.6. The van der Waals surface area contributed by atoms with E-state index in [1.807, 2.05) is 6.92 Å². The molecule has 1 nitrogen and oxygen atoms in total. The van der Waals surface area contributed by atoms with Crippen molar-refractivity contribution in [2.75, 3.05) is 6.54 Å². The molecule has 0 bridgehead atoms. The molecule has 1 aliphatic carbocycles. The molecule has 1 saturated carbocycles. The van der Waals surface area contributed by atoms with Crippen molar-refractivity contribution in [2.24, 2.45) is 0 Å². The van der Waals surface area contributed by atoms with Gasteiger partial charge in [0, 0.05) is 6.04 Å². The fourth-order valence-corrected chi connectivity index (χ4v) is 1.84. The summed E-state index contributed by atoms with van der Waals surface area (Å²) in [5, 5.41) is 3.46. The Morgan fingerprint density at radius 3 is 2.80 bits per heavy atom. The molecule has 0 saturated heterocycles. The van der Waals surface area contributed by atoms with Crippen molar-refractivity contribution in [1.29, 1.82) is 0 Å². The Kier molecular flexibility index (Phi) is 3.37. The predicted octanol–water partition coefficient (Wildman–Crippen LogP) is 2.82. The van der Waals surface area contributed by atoms with Crippen molar-refractivity contribution in [3.63, 3.8) is 0 Å². The summed E-state index contributed by atoms with van der Waals surface area (Å²) < 4.78 is 13.1.